The van der Waals surface area contributed by atoms with E-state index >= 15 is 0 Å². The summed E-state index contributed by atoms with van der Waals surface area (Å²) < 4.78 is 55.9. The van der Waals surface area contributed by atoms with Crippen LogP contribution in [0.1, 0.15) is 35.7 Å². The van der Waals surface area contributed by atoms with Gasteiger partial charge in [-0.2, -0.15) is 18.4 Å². The number of pyridine rings is 2. The monoisotopic (exact) mass is 655 g/mol. The van der Waals surface area contributed by atoms with Gasteiger partial charge in [-0.3, -0.25) is 4.98 Å². The summed E-state index contributed by atoms with van der Waals surface area (Å²) in [5.41, 5.74) is 2.15. The molecule has 2 N–H and O–H groups in total. The third kappa shape index (κ3) is 6.43. The number of nitrogens with one attached hydrogen (secondary N) is 2. The van der Waals surface area contributed by atoms with E-state index in [4.69, 9.17) is 23.2 Å². The largest absolute Gasteiger partial charge is 0.419 e. The van der Waals surface area contributed by atoms with Crippen molar-refractivity contribution in [1.82, 2.24) is 25.0 Å². The van der Waals surface area contributed by atoms with Crippen molar-refractivity contribution >= 4 is 57.0 Å². The number of rotatable bonds is 7. The van der Waals surface area contributed by atoms with Gasteiger partial charge in [-0.05, 0) is 55.3 Å². The van der Waals surface area contributed by atoms with Gasteiger partial charge in [0.25, 0.3) is 0 Å². The molecule has 6 rings (SSSR count). The zero-order valence-electron chi connectivity index (χ0n) is 23.3. The number of hydrogen-bond acceptors (Lipinski definition) is 8. The first-order valence-corrected chi connectivity index (χ1v) is 14.5. The lowest BCUT2D eigenvalue weighted by atomic mass is 10.0. The molecule has 0 bridgehead atoms. The lowest BCUT2D eigenvalue weighted by Gasteiger charge is -2.33. The average molecular weight is 656 g/mol. The van der Waals surface area contributed by atoms with Crippen molar-refractivity contribution < 1.29 is 17.6 Å². The Labute approximate surface area is 264 Å². The number of nitrogens with zero attached hydrogens (tertiary/aromatic N) is 7. The zero-order valence-corrected chi connectivity index (χ0v) is 24.8. The Kier molecular flexibility index (Phi) is 8.35. The van der Waals surface area contributed by atoms with Gasteiger partial charge in [-0.1, -0.05) is 28.4 Å². The number of piperidine rings is 1. The van der Waals surface area contributed by atoms with Gasteiger partial charge < -0.3 is 15.5 Å². The minimum absolute atomic E-state index is 0.0280. The maximum Gasteiger partial charge on any atom is 0.419 e. The SMILES string of the molecule is N#Cc1cnc2c(Cl)cc(NCc3cn(C4CCN(c5ncccc5C(F)(F)F)CC4)nn3)cc2c1Nc1ccc(F)c(Cl)c1. The molecule has 4 heterocycles. The topological polar surface area (TPSA) is 108 Å². The Morgan fingerprint density at radius 1 is 1.02 bits per heavy atom. The zero-order chi connectivity index (χ0) is 31.7. The van der Waals surface area contributed by atoms with Crippen molar-refractivity contribution in [2.75, 3.05) is 28.6 Å². The van der Waals surface area contributed by atoms with Crippen LogP contribution in [0.4, 0.5) is 40.4 Å². The van der Waals surface area contributed by atoms with Crippen LogP contribution in [0.3, 0.4) is 0 Å². The number of alkyl halides is 3. The third-order valence-corrected chi connectivity index (χ3v) is 8.07. The average Bonchev–Trinajstić information content (AvgIpc) is 3.51. The highest BCUT2D eigenvalue weighted by Crippen LogP contribution is 2.38. The molecule has 0 aliphatic carbocycles. The van der Waals surface area contributed by atoms with Crippen LogP contribution >= 0.6 is 23.2 Å². The van der Waals surface area contributed by atoms with Gasteiger partial charge in [0, 0.05) is 42.2 Å². The van der Waals surface area contributed by atoms with E-state index in [2.05, 4.69) is 37.0 Å². The van der Waals surface area contributed by atoms with E-state index in [1.807, 2.05) is 0 Å². The van der Waals surface area contributed by atoms with E-state index in [1.165, 1.54) is 36.7 Å². The Morgan fingerprint density at radius 3 is 2.53 bits per heavy atom. The highest BCUT2D eigenvalue weighted by atomic mass is 35.5. The second-order valence-corrected chi connectivity index (χ2v) is 11.2. The Bertz CT molecular complexity index is 1910. The van der Waals surface area contributed by atoms with Crippen molar-refractivity contribution in [2.45, 2.75) is 31.6 Å². The highest BCUT2D eigenvalue weighted by Gasteiger charge is 2.36. The first-order valence-electron chi connectivity index (χ1n) is 13.8. The minimum Gasteiger partial charge on any atom is -0.379 e. The van der Waals surface area contributed by atoms with Gasteiger partial charge in [0.1, 0.15) is 23.4 Å². The summed E-state index contributed by atoms with van der Waals surface area (Å²) in [6.07, 6.45) is 1.25. The molecule has 1 saturated heterocycles. The fraction of sp³-hybridized carbons (Fsp3) is 0.233. The third-order valence-electron chi connectivity index (χ3n) is 7.50. The van der Waals surface area contributed by atoms with Gasteiger partial charge in [0.15, 0.2) is 0 Å². The fourth-order valence-electron chi connectivity index (χ4n) is 5.28. The van der Waals surface area contributed by atoms with Crippen molar-refractivity contribution in [3.8, 4) is 6.07 Å². The Hall–Kier alpha value is -4.67. The van der Waals surface area contributed by atoms with Crippen LogP contribution in [0, 0.1) is 17.1 Å². The second-order valence-electron chi connectivity index (χ2n) is 10.4. The van der Waals surface area contributed by atoms with E-state index in [9.17, 15) is 22.8 Å². The van der Waals surface area contributed by atoms with E-state index < -0.39 is 17.6 Å². The van der Waals surface area contributed by atoms with Crippen LogP contribution < -0.4 is 15.5 Å². The van der Waals surface area contributed by atoms with Crippen molar-refractivity contribution in [3.05, 3.63) is 93.7 Å². The molecule has 15 heteroatoms. The van der Waals surface area contributed by atoms with Crippen molar-refractivity contribution in [2.24, 2.45) is 0 Å². The van der Waals surface area contributed by atoms with Crippen LogP contribution in [0.2, 0.25) is 10.0 Å². The van der Waals surface area contributed by atoms with Crippen molar-refractivity contribution in [1.29, 1.82) is 5.26 Å². The molecule has 1 aliphatic rings. The molecule has 1 fully saturated rings. The summed E-state index contributed by atoms with van der Waals surface area (Å²) in [4.78, 5) is 10.0. The van der Waals surface area contributed by atoms with Crippen LogP contribution in [-0.2, 0) is 12.7 Å². The first kappa shape index (κ1) is 30.4. The van der Waals surface area contributed by atoms with Gasteiger partial charge >= 0.3 is 6.18 Å². The van der Waals surface area contributed by atoms with E-state index in [0.29, 0.717) is 71.2 Å². The predicted octanol–water partition coefficient (Wildman–Crippen LogP) is 7.75. The highest BCUT2D eigenvalue weighted by molar-refractivity contribution is 6.36. The molecule has 2 aromatic carbocycles. The number of nitriles is 1. The second kappa shape index (κ2) is 12.4. The molecule has 9 nitrogen and oxygen atoms in total. The van der Waals surface area contributed by atoms with Gasteiger partial charge in [-0.15, -0.1) is 5.10 Å². The molecule has 0 unspecified atom stereocenters. The lowest BCUT2D eigenvalue weighted by molar-refractivity contribution is -0.137. The number of benzene rings is 2. The quantitative estimate of drug-likeness (QED) is 0.171. The van der Waals surface area contributed by atoms with Gasteiger partial charge in [0.05, 0.1) is 51.2 Å². The molecular weight excluding hydrogens is 633 g/mol. The summed E-state index contributed by atoms with van der Waals surface area (Å²) in [7, 11) is 0. The lowest BCUT2D eigenvalue weighted by Crippen LogP contribution is -2.36. The number of aromatic nitrogens is 5. The number of anilines is 4. The predicted molar refractivity (Wildman–Crippen MR) is 163 cm³/mol. The molecule has 0 spiro atoms. The van der Waals surface area contributed by atoms with Crippen LogP contribution in [0.15, 0.2) is 61.1 Å². The molecule has 1 aliphatic heterocycles. The molecule has 0 amide bonds. The van der Waals surface area contributed by atoms with Crippen molar-refractivity contribution in [3.63, 3.8) is 0 Å². The number of hydrogen-bond donors (Lipinski definition) is 2. The summed E-state index contributed by atoms with van der Waals surface area (Å²) >= 11 is 12.5. The Balaban J connectivity index is 1.16. The molecule has 230 valence electrons. The first-order chi connectivity index (χ1) is 21.6. The fourth-order valence-corrected chi connectivity index (χ4v) is 5.73. The maximum absolute atomic E-state index is 13.7. The summed E-state index contributed by atoms with van der Waals surface area (Å²) in [6, 6.07) is 12.1. The molecule has 3 aromatic heterocycles. The summed E-state index contributed by atoms with van der Waals surface area (Å²) in [5.74, 6) is -0.624. The normalized spacial score (nSPS) is 14.0. The summed E-state index contributed by atoms with van der Waals surface area (Å²) in [5, 5.41) is 25.5. The van der Waals surface area contributed by atoms with E-state index in [-0.39, 0.29) is 22.4 Å². The number of halogens is 6. The molecule has 5 aromatic rings. The molecule has 0 saturated carbocycles. The maximum atomic E-state index is 13.7. The molecule has 45 heavy (non-hydrogen) atoms. The van der Waals surface area contributed by atoms with E-state index in [0.717, 1.165) is 6.07 Å². The minimum atomic E-state index is -4.48. The van der Waals surface area contributed by atoms with Crippen LogP contribution in [-0.4, -0.2) is 38.1 Å². The molecule has 0 radical (unpaired) electrons. The van der Waals surface area contributed by atoms with Gasteiger partial charge in [0.2, 0.25) is 0 Å². The smallest absolute Gasteiger partial charge is 0.379 e. The van der Waals surface area contributed by atoms with Crippen LogP contribution in [0.5, 0.6) is 0 Å². The standard InChI is InChI=1S/C30H23Cl2F4N9/c31-24-11-18(3-4-26(24)33)41-27-17(13-37)14-40-28-22(27)10-19(12-25(28)32)39-15-20-16-45(43-42-20)21-5-8-44(9-6-21)29-23(30(34,35)36)2-1-7-38-29/h1-4,7,10-12,14,16,21,39H,5-6,8-9,15H2,(H,40,41). The van der Waals surface area contributed by atoms with E-state index in [1.54, 1.807) is 27.9 Å². The Morgan fingerprint density at radius 2 is 1.80 bits per heavy atom. The summed E-state index contributed by atoms with van der Waals surface area (Å²) in [6.45, 7) is 1.09. The number of fused-ring (bicyclic) bond motifs is 1. The molecular formula is C30H23Cl2F4N9. The van der Waals surface area contributed by atoms with Crippen LogP contribution in [0.25, 0.3) is 10.9 Å². The molecule has 0 atom stereocenters. The van der Waals surface area contributed by atoms with Gasteiger partial charge in [-0.25, -0.2) is 14.1 Å².